The standard InChI is InChI=1S/C14H16ClN3S/c15-13-9-10(5-7-17-13)16-8-6-14-18-11-3-1-2-4-12(11)19-14/h5,7,9H,1-4,6,8H2,(H,16,17). The monoisotopic (exact) mass is 293 g/mol. The summed E-state index contributed by atoms with van der Waals surface area (Å²) in [5.74, 6) is 0. The molecule has 2 aromatic heterocycles. The van der Waals surface area contributed by atoms with Crippen molar-refractivity contribution in [3.05, 3.63) is 39.1 Å². The molecule has 0 spiro atoms. The van der Waals surface area contributed by atoms with E-state index in [2.05, 4.69) is 10.3 Å². The molecule has 0 saturated heterocycles. The van der Waals surface area contributed by atoms with Crippen LogP contribution in [0.2, 0.25) is 5.15 Å². The van der Waals surface area contributed by atoms with Gasteiger partial charge in [0.25, 0.3) is 0 Å². The number of hydrogen-bond donors (Lipinski definition) is 1. The molecule has 1 aliphatic rings. The number of nitrogens with zero attached hydrogens (tertiary/aromatic N) is 2. The van der Waals surface area contributed by atoms with Crippen molar-refractivity contribution in [1.82, 2.24) is 9.97 Å². The van der Waals surface area contributed by atoms with Gasteiger partial charge in [-0.15, -0.1) is 11.3 Å². The predicted octanol–water partition coefficient (Wildman–Crippen LogP) is 3.72. The normalized spacial score (nSPS) is 14.2. The summed E-state index contributed by atoms with van der Waals surface area (Å²) < 4.78 is 0. The first-order valence-electron chi connectivity index (χ1n) is 6.64. The zero-order valence-electron chi connectivity index (χ0n) is 10.7. The number of fused-ring (bicyclic) bond motifs is 1. The van der Waals surface area contributed by atoms with Gasteiger partial charge < -0.3 is 5.32 Å². The van der Waals surface area contributed by atoms with Gasteiger partial charge in [0.05, 0.1) is 10.7 Å². The van der Waals surface area contributed by atoms with E-state index in [-0.39, 0.29) is 0 Å². The van der Waals surface area contributed by atoms with E-state index in [9.17, 15) is 0 Å². The molecule has 5 heteroatoms. The third kappa shape index (κ3) is 3.25. The van der Waals surface area contributed by atoms with Gasteiger partial charge in [-0.25, -0.2) is 9.97 Å². The minimum Gasteiger partial charge on any atom is -0.384 e. The van der Waals surface area contributed by atoms with E-state index in [0.29, 0.717) is 5.15 Å². The molecule has 0 bridgehead atoms. The Morgan fingerprint density at radius 3 is 3.05 bits per heavy atom. The molecule has 100 valence electrons. The summed E-state index contributed by atoms with van der Waals surface area (Å²) >= 11 is 7.73. The van der Waals surface area contributed by atoms with Crippen molar-refractivity contribution in [2.75, 3.05) is 11.9 Å². The molecular formula is C14H16ClN3S. The van der Waals surface area contributed by atoms with Crippen molar-refractivity contribution in [2.24, 2.45) is 0 Å². The van der Waals surface area contributed by atoms with Crippen molar-refractivity contribution < 1.29 is 0 Å². The van der Waals surface area contributed by atoms with Gasteiger partial charge in [0.1, 0.15) is 5.15 Å². The maximum Gasteiger partial charge on any atom is 0.131 e. The molecule has 1 aliphatic carbocycles. The van der Waals surface area contributed by atoms with Crippen LogP contribution in [-0.4, -0.2) is 16.5 Å². The Hall–Kier alpha value is -1.13. The topological polar surface area (TPSA) is 37.8 Å². The van der Waals surface area contributed by atoms with Gasteiger partial charge in [0.2, 0.25) is 0 Å². The maximum atomic E-state index is 5.85. The number of halogens is 1. The largest absolute Gasteiger partial charge is 0.384 e. The summed E-state index contributed by atoms with van der Waals surface area (Å²) in [4.78, 5) is 10.2. The second-order valence-corrected chi connectivity index (χ2v) is 6.28. The van der Waals surface area contributed by atoms with E-state index in [0.717, 1.165) is 18.7 Å². The summed E-state index contributed by atoms with van der Waals surface area (Å²) in [6.07, 6.45) is 7.69. The average Bonchev–Trinajstić information content (AvgIpc) is 2.81. The summed E-state index contributed by atoms with van der Waals surface area (Å²) in [6, 6.07) is 3.77. The molecule has 0 aliphatic heterocycles. The van der Waals surface area contributed by atoms with E-state index in [4.69, 9.17) is 16.6 Å². The molecule has 1 N–H and O–H groups in total. The smallest absolute Gasteiger partial charge is 0.131 e. The molecule has 3 rings (SSSR count). The number of nitrogens with one attached hydrogen (secondary N) is 1. The number of pyridine rings is 1. The molecule has 0 amide bonds. The molecule has 0 saturated carbocycles. The molecule has 2 heterocycles. The summed E-state index contributed by atoms with van der Waals surface area (Å²) in [5, 5.41) is 5.13. The van der Waals surface area contributed by atoms with Gasteiger partial charge in [0, 0.05) is 29.7 Å². The van der Waals surface area contributed by atoms with Crippen LogP contribution in [0.1, 0.15) is 28.4 Å². The van der Waals surface area contributed by atoms with Crippen LogP contribution >= 0.6 is 22.9 Å². The lowest BCUT2D eigenvalue weighted by molar-refractivity contribution is 0.680. The number of aryl methyl sites for hydroxylation is 2. The molecule has 0 fully saturated rings. The Bertz CT molecular complexity index is 544. The quantitative estimate of drug-likeness (QED) is 0.873. The lowest BCUT2D eigenvalue weighted by Gasteiger charge is -2.06. The third-order valence-corrected chi connectivity index (χ3v) is 4.71. The Balaban J connectivity index is 1.56. The first-order chi connectivity index (χ1) is 9.31. The van der Waals surface area contributed by atoms with Gasteiger partial charge in [-0.3, -0.25) is 0 Å². The highest BCUT2D eigenvalue weighted by Gasteiger charge is 2.14. The number of rotatable bonds is 4. The molecule has 0 aromatic carbocycles. The van der Waals surface area contributed by atoms with E-state index in [1.54, 1.807) is 6.20 Å². The van der Waals surface area contributed by atoms with Crippen molar-refractivity contribution >= 4 is 28.6 Å². The van der Waals surface area contributed by atoms with E-state index in [1.165, 1.54) is 41.3 Å². The highest BCUT2D eigenvalue weighted by Crippen LogP contribution is 2.26. The fourth-order valence-corrected chi connectivity index (χ4v) is 3.67. The van der Waals surface area contributed by atoms with Gasteiger partial charge in [-0.2, -0.15) is 0 Å². The van der Waals surface area contributed by atoms with Crippen molar-refractivity contribution in [1.29, 1.82) is 0 Å². The van der Waals surface area contributed by atoms with Crippen molar-refractivity contribution in [3.8, 4) is 0 Å². The zero-order chi connectivity index (χ0) is 13.1. The fraction of sp³-hybridized carbons (Fsp3) is 0.429. The number of aromatic nitrogens is 2. The van der Waals surface area contributed by atoms with Crippen molar-refractivity contribution in [2.45, 2.75) is 32.1 Å². The molecule has 19 heavy (non-hydrogen) atoms. The second kappa shape index (κ2) is 5.88. The second-order valence-electron chi connectivity index (χ2n) is 4.73. The lowest BCUT2D eigenvalue weighted by Crippen LogP contribution is -2.05. The van der Waals surface area contributed by atoms with Crippen LogP contribution in [0.5, 0.6) is 0 Å². The van der Waals surface area contributed by atoms with Crippen molar-refractivity contribution in [3.63, 3.8) is 0 Å². The zero-order valence-corrected chi connectivity index (χ0v) is 12.2. The van der Waals surface area contributed by atoms with Gasteiger partial charge in [-0.05, 0) is 37.8 Å². The minimum absolute atomic E-state index is 0.523. The van der Waals surface area contributed by atoms with E-state index in [1.807, 2.05) is 23.5 Å². The van der Waals surface area contributed by atoms with Crippen LogP contribution in [0.15, 0.2) is 18.3 Å². The summed E-state index contributed by atoms with van der Waals surface area (Å²) in [7, 11) is 0. The average molecular weight is 294 g/mol. The molecule has 3 nitrogen and oxygen atoms in total. The predicted molar refractivity (Wildman–Crippen MR) is 80.2 cm³/mol. The first kappa shape index (κ1) is 12.9. The minimum atomic E-state index is 0.523. The SMILES string of the molecule is Clc1cc(NCCc2nc3c(s2)CCCC3)ccn1. The van der Waals surface area contributed by atoms with Gasteiger partial charge >= 0.3 is 0 Å². The van der Waals surface area contributed by atoms with Crippen LogP contribution < -0.4 is 5.32 Å². The van der Waals surface area contributed by atoms with E-state index >= 15 is 0 Å². The van der Waals surface area contributed by atoms with Crippen LogP contribution in [0.3, 0.4) is 0 Å². The summed E-state index contributed by atoms with van der Waals surface area (Å²) in [5.41, 5.74) is 2.36. The highest BCUT2D eigenvalue weighted by molar-refractivity contribution is 7.11. The van der Waals surface area contributed by atoms with Crippen LogP contribution in [0.25, 0.3) is 0 Å². The first-order valence-corrected chi connectivity index (χ1v) is 7.83. The third-order valence-electron chi connectivity index (χ3n) is 3.28. The lowest BCUT2D eigenvalue weighted by atomic mass is 10.0. The number of anilines is 1. The Kier molecular flexibility index (Phi) is 3.99. The Labute approximate surface area is 122 Å². The van der Waals surface area contributed by atoms with Crippen LogP contribution in [-0.2, 0) is 19.3 Å². The summed E-state index contributed by atoms with van der Waals surface area (Å²) in [6.45, 7) is 0.882. The molecule has 2 aromatic rings. The highest BCUT2D eigenvalue weighted by atomic mass is 35.5. The Morgan fingerprint density at radius 2 is 2.21 bits per heavy atom. The fourth-order valence-electron chi connectivity index (χ4n) is 2.34. The Morgan fingerprint density at radius 1 is 1.32 bits per heavy atom. The molecule has 0 radical (unpaired) electrons. The molecule has 0 atom stereocenters. The van der Waals surface area contributed by atoms with Gasteiger partial charge in [-0.1, -0.05) is 11.6 Å². The number of hydrogen-bond acceptors (Lipinski definition) is 4. The number of thiazole rings is 1. The molecule has 0 unspecified atom stereocenters. The van der Waals surface area contributed by atoms with Crippen LogP contribution in [0, 0.1) is 0 Å². The molecular weight excluding hydrogens is 278 g/mol. The van der Waals surface area contributed by atoms with E-state index < -0.39 is 0 Å². The van der Waals surface area contributed by atoms with Gasteiger partial charge in [0.15, 0.2) is 0 Å². The maximum absolute atomic E-state index is 5.85. The van der Waals surface area contributed by atoms with Crippen LogP contribution in [0.4, 0.5) is 5.69 Å².